The van der Waals surface area contributed by atoms with Crippen molar-refractivity contribution in [1.29, 1.82) is 0 Å². The first-order chi connectivity index (χ1) is 12.2. The van der Waals surface area contributed by atoms with Gasteiger partial charge in [-0.25, -0.2) is 0 Å². The minimum Gasteiger partial charge on any atom is -0.492 e. The van der Waals surface area contributed by atoms with Crippen LogP contribution in [0.5, 0.6) is 11.5 Å². The first-order valence-corrected chi connectivity index (χ1v) is 8.96. The molecule has 1 N–H and O–H groups in total. The minimum atomic E-state index is -0.529. The van der Waals surface area contributed by atoms with Gasteiger partial charge in [-0.2, -0.15) is 0 Å². The number of carbonyl (C=O) groups excluding carboxylic acids is 1. The van der Waals surface area contributed by atoms with Gasteiger partial charge in [0.1, 0.15) is 18.1 Å². The third-order valence-corrected chi connectivity index (χ3v) is 4.42. The molecule has 0 spiro atoms. The molecule has 2 aromatic rings. The normalized spacial score (nSPS) is 14.3. The summed E-state index contributed by atoms with van der Waals surface area (Å²) in [5, 5.41) is 2.85. The Morgan fingerprint density at radius 3 is 2.60 bits per heavy atom. The van der Waals surface area contributed by atoms with Crippen LogP contribution in [0.15, 0.2) is 48.5 Å². The average Bonchev–Trinajstić information content (AvgIpc) is 2.65. The van der Waals surface area contributed by atoms with Gasteiger partial charge in [0.15, 0.2) is 6.10 Å². The molecular formula is C21H25NO3. The van der Waals surface area contributed by atoms with Crippen molar-refractivity contribution in [2.24, 2.45) is 0 Å². The largest absolute Gasteiger partial charge is 0.492 e. The summed E-state index contributed by atoms with van der Waals surface area (Å²) in [7, 11) is 0. The second kappa shape index (κ2) is 8.56. The maximum Gasteiger partial charge on any atom is 0.260 e. The van der Waals surface area contributed by atoms with E-state index >= 15 is 0 Å². The highest BCUT2D eigenvalue weighted by atomic mass is 16.5. The zero-order chi connectivity index (χ0) is 17.5. The Kier molecular flexibility index (Phi) is 5.94. The number of hydrogen-bond donors (Lipinski definition) is 1. The van der Waals surface area contributed by atoms with Crippen molar-refractivity contribution in [3.8, 4) is 11.5 Å². The van der Waals surface area contributed by atoms with Crippen LogP contribution in [-0.2, 0) is 17.6 Å². The summed E-state index contributed by atoms with van der Waals surface area (Å²) < 4.78 is 11.4. The number of hydrogen-bond acceptors (Lipinski definition) is 3. The number of carbonyl (C=O) groups is 1. The molecule has 1 aliphatic carbocycles. The lowest BCUT2D eigenvalue weighted by molar-refractivity contribution is -0.127. The number of aryl methyl sites for hydroxylation is 2. The second-order valence-corrected chi connectivity index (χ2v) is 6.35. The lowest BCUT2D eigenvalue weighted by atomic mass is 9.92. The predicted octanol–water partition coefficient (Wildman–Crippen LogP) is 3.53. The summed E-state index contributed by atoms with van der Waals surface area (Å²) in [4.78, 5) is 12.2. The standard InChI is InChI=1S/C21H25NO3/c1-16(21(23)22-13-14-24-19-9-3-2-4-10-19)25-20-12-11-17-7-5-6-8-18(17)15-20/h2-4,9-12,15-16H,5-8,13-14H2,1H3,(H,22,23). The van der Waals surface area contributed by atoms with Crippen LogP contribution in [0.3, 0.4) is 0 Å². The summed E-state index contributed by atoms with van der Waals surface area (Å²) in [5.74, 6) is 1.44. The van der Waals surface area contributed by atoms with Crippen molar-refractivity contribution in [2.75, 3.05) is 13.2 Å². The topological polar surface area (TPSA) is 47.6 Å². The Morgan fingerprint density at radius 1 is 1.04 bits per heavy atom. The smallest absolute Gasteiger partial charge is 0.260 e. The number of para-hydroxylation sites is 1. The molecule has 1 aliphatic rings. The molecule has 25 heavy (non-hydrogen) atoms. The number of benzene rings is 2. The fraction of sp³-hybridized carbons (Fsp3) is 0.381. The summed E-state index contributed by atoms with van der Waals surface area (Å²) in [6, 6.07) is 15.7. The molecule has 4 nitrogen and oxygen atoms in total. The Bertz CT molecular complexity index is 700. The molecule has 1 unspecified atom stereocenters. The van der Waals surface area contributed by atoms with Gasteiger partial charge in [0.2, 0.25) is 0 Å². The van der Waals surface area contributed by atoms with E-state index < -0.39 is 6.10 Å². The molecular weight excluding hydrogens is 314 g/mol. The molecule has 0 fully saturated rings. The van der Waals surface area contributed by atoms with E-state index in [9.17, 15) is 4.79 Å². The molecule has 0 radical (unpaired) electrons. The Balaban J connectivity index is 1.43. The summed E-state index contributed by atoms with van der Waals surface area (Å²) in [5.41, 5.74) is 2.77. The molecule has 2 aromatic carbocycles. The van der Waals surface area contributed by atoms with Crippen LogP contribution in [0.2, 0.25) is 0 Å². The molecule has 0 heterocycles. The van der Waals surface area contributed by atoms with Crippen LogP contribution in [0, 0.1) is 0 Å². The number of fused-ring (bicyclic) bond motifs is 1. The Morgan fingerprint density at radius 2 is 1.80 bits per heavy atom. The van der Waals surface area contributed by atoms with E-state index in [1.807, 2.05) is 36.4 Å². The van der Waals surface area contributed by atoms with Crippen LogP contribution in [-0.4, -0.2) is 25.2 Å². The monoisotopic (exact) mass is 339 g/mol. The van der Waals surface area contributed by atoms with Gasteiger partial charge in [-0.3, -0.25) is 4.79 Å². The van der Waals surface area contributed by atoms with Crippen molar-refractivity contribution in [3.63, 3.8) is 0 Å². The number of ether oxygens (including phenoxy) is 2. The molecule has 0 saturated heterocycles. The quantitative estimate of drug-likeness (QED) is 0.785. The van der Waals surface area contributed by atoms with Gasteiger partial charge in [-0.15, -0.1) is 0 Å². The second-order valence-electron chi connectivity index (χ2n) is 6.35. The minimum absolute atomic E-state index is 0.130. The van der Waals surface area contributed by atoms with E-state index in [0.717, 1.165) is 24.3 Å². The highest BCUT2D eigenvalue weighted by Gasteiger charge is 2.16. The summed E-state index contributed by atoms with van der Waals surface area (Å²) >= 11 is 0. The van der Waals surface area contributed by atoms with E-state index in [-0.39, 0.29) is 5.91 Å². The summed E-state index contributed by atoms with van der Waals surface area (Å²) in [6.45, 7) is 2.65. The van der Waals surface area contributed by atoms with Gasteiger partial charge in [-0.05, 0) is 68.0 Å². The number of rotatable bonds is 7. The predicted molar refractivity (Wildman–Crippen MR) is 98.1 cm³/mol. The van der Waals surface area contributed by atoms with E-state index in [4.69, 9.17) is 9.47 Å². The van der Waals surface area contributed by atoms with E-state index in [2.05, 4.69) is 17.4 Å². The molecule has 1 atom stereocenters. The fourth-order valence-electron chi connectivity index (χ4n) is 3.04. The molecule has 132 valence electrons. The third-order valence-electron chi connectivity index (χ3n) is 4.42. The first kappa shape index (κ1) is 17.3. The van der Waals surface area contributed by atoms with Gasteiger partial charge < -0.3 is 14.8 Å². The van der Waals surface area contributed by atoms with Crippen LogP contribution in [0.4, 0.5) is 0 Å². The third kappa shape index (κ3) is 4.99. The molecule has 0 aliphatic heterocycles. The molecule has 0 bridgehead atoms. The van der Waals surface area contributed by atoms with Crippen LogP contribution >= 0.6 is 0 Å². The molecule has 0 aromatic heterocycles. The van der Waals surface area contributed by atoms with Gasteiger partial charge >= 0.3 is 0 Å². The first-order valence-electron chi connectivity index (χ1n) is 8.96. The number of nitrogens with one attached hydrogen (secondary N) is 1. The Labute approximate surface area is 149 Å². The van der Waals surface area contributed by atoms with Crippen LogP contribution < -0.4 is 14.8 Å². The van der Waals surface area contributed by atoms with Crippen molar-refractivity contribution in [2.45, 2.75) is 38.7 Å². The van der Waals surface area contributed by atoms with Crippen LogP contribution in [0.25, 0.3) is 0 Å². The zero-order valence-electron chi connectivity index (χ0n) is 14.7. The number of amides is 1. The summed E-state index contributed by atoms with van der Waals surface area (Å²) in [6.07, 6.45) is 4.21. The highest BCUT2D eigenvalue weighted by Crippen LogP contribution is 2.25. The maximum absolute atomic E-state index is 12.2. The molecule has 3 rings (SSSR count). The van der Waals surface area contributed by atoms with Crippen molar-refractivity contribution >= 4 is 5.91 Å². The maximum atomic E-state index is 12.2. The van der Waals surface area contributed by atoms with Crippen molar-refractivity contribution < 1.29 is 14.3 Å². The molecule has 4 heteroatoms. The van der Waals surface area contributed by atoms with Gasteiger partial charge in [0, 0.05) is 0 Å². The van der Waals surface area contributed by atoms with Crippen molar-refractivity contribution in [1.82, 2.24) is 5.32 Å². The van der Waals surface area contributed by atoms with Gasteiger partial charge in [-0.1, -0.05) is 24.3 Å². The fourth-order valence-corrected chi connectivity index (χ4v) is 3.04. The molecule has 1 amide bonds. The SMILES string of the molecule is CC(Oc1ccc2c(c1)CCCC2)C(=O)NCCOc1ccccc1. The average molecular weight is 339 g/mol. The lowest BCUT2D eigenvalue weighted by Crippen LogP contribution is -2.38. The van der Waals surface area contributed by atoms with E-state index in [1.165, 1.54) is 24.0 Å². The van der Waals surface area contributed by atoms with Gasteiger partial charge in [0.25, 0.3) is 5.91 Å². The van der Waals surface area contributed by atoms with E-state index in [0.29, 0.717) is 13.2 Å². The Hall–Kier alpha value is -2.49. The lowest BCUT2D eigenvalue weighted by Gasteiger charge is -2.19. The van der Waals surface area contributed by atoms with Crippen LogP contribution in [0.1, 0.15) is 30.9 Å². The zero-order valence-corrected chi connectivity index (χ0v) is 14.7. The van der Waals surface area contributed by atoms with Crippen molar-refractivity contribution in [3.05, 3.63) is 59.7 Å². The van der Waals surface area contributed by atoms with E-state index in [1.54, 1.807) is 6.92 Å². The van der Waals surface area contributed by atoms with Gasteiger partial charge in [0.05, 0.1) is 6.54 Å². The molecule has 0 saturated carbocycles. The highest BCUT2D eigenvalue weighted by molar-refractivity contribution is 5.80.